The summed E-state index contributed by atoms with van der Waals surface area (Å²) in [6.45, 7) is 9.65. The normalized spacial score (nSPS) is 20.1. The van der Waals surface area contributed by atoms with E-state index in [-0.39, 0.29) is 0 Å². The molecular formula is C27H31N3O. The van der Waals surface area contributed by atoms with Crippen LogP contribution in [-0.2, 0) is 4.74 Å². The van der Waals surface area contributed by atoms with Crippen molar-refractivity contribution in [1.82, 2.24) is 14.9 Å². The zero-order chi connectivity index (χ0) is 21.2. The molecule has 5 rings (SSSR count). The fourth-order valence-electron chi connectivity index (χ4n) is 5.37. The summed E-state index contributed by atoms with van der Waals surface area (Å²) in [6, 6.07) is 8.53. The average Bonchev–Trinajstić information content (AvgIpc) is 2.81. The second-order valence-corrected chi connectivity index (χ2v) is 8.97. The first-order valence-corrected chi connectivity index (χ1v) is 11.5. The molecule has 0 radical (unpaired) electrons. The van der Waals surface area contributed by atoms with Crippen LogP contribution in [0.2, 0.25) is 0 Å². The third kappa shape index (κ3) is 4.15. The van der Waals surface area contributed by atoms with Crippen LogP contribution in [0.15, 0.2) is 48.9 Å². The number of aryl methyl sites for hydroxylation is 2. The van der Waals surface area contributed by atoms with Gasteiger partial charge >= 0.3 is 0 Å². The first kappa shape index (κ1) is 20.3. The van der Waals surface area contributed by atoms with Crippen LogP contribution in [0.5, 0.6) is 0 Å². The van der Waals surface area contributed by atoms with Gasteiger partial charge < -0.3 is 4.74 Å². The molecule has 1 aromatic carbocycles. The molecule has 3 aromatic rings. The molecule has 2 aromatic heterocycles. The van der Waals surface area contributed by atoms with Gasteiger partial charge in [-0.05, 0) is 85.1 Å². The predicted octanol–water partition coefficient (Wildman–Crippen LogP) is 5.43. The van der Waals surface area contributed by atoms with E-state index in [9.17, 15) is 0 Å². The maximum atomic E-state index is 5.50. The van der Waals surface area contributed by atoms with Gasteiger partial charge in [0.25, 0.3) is 0 Å². The van der Waals surface area contributed by atoms with E-state index in [0.717, 1.165) is 49.7 Å². The van der Waals surface area contributed by atoms with Gasteiger partial charge in [0.1, 0.15) is 0 Å². The third-order valence-corrected chi connectivity index (χ3v) is 6.91. The van der Waals surface area contributed by atoms with Gasteiger partial charge in [-0.2, -0.15) is 0 Å². The highest BCUT2D eigenvalue weighted by Gasteiger charge is 2.22. The first-order chi connectivity index (χ1) is 15.2. The number of aromatic nitrogens is 2. The van der Waals surface area contributed by atoms with Crippen LogP contribution >= 0.6 is 0 Å². The fourth-order valence-corrected chi connectivity index (χ4v) is 5.37. The van der Waals surface area contributed by atoms with Crippen molar-refractivity contribution in [2.75, 3.05) is 32.8 Å². The largest absolute Gasteiger partial charge is 0.379 e. The van der Waals surface area contributed by atoms with Crippen LogP contribution in [0.3, 0.4) is 0 Å². The Bertz CT molecular complexity index is 1100. The Balaban J connectivity index is 1.47. The minimum atomic E-state index is 0.760. The Kier molecular flexibility index (Phi) is 5.84. The molecule has 31 heavy (non-hydrogen) atoms. The number of pyridine rings is 2. The lowest BCUT2D eigenvalue weighted by Gasteiger charge is -2.32. The number of fused-ring (bicyclic) bond motifs is 1. The molecule has 1 fully saturated rings. The number of morpholine rings is 1. The molecule has 160 valence electrons. The Morgan fingerprint density at radius 3 is 2.74 bits per heavy atom. The topological polar surface area (TPSA) is 38.2 Å². The summed E-state index contributed by atoms with van der Waals surface area (Å²) in [5.74, 6) is 0.760. The van der Waals surface area contributed by atoms with Crippen LogP contribution in [-0.4, -0.2) is 47.7 Å². The van der Waals surface area contributed by atoms with Gasteiger partial charge in [-0.1, -0.05) is 12.1 Å². The Labute approximate surface area is 185 Å². The van der Waals surface area contributed by atoms with Gasteiger partial charge in [0.2, 0.25) is 0 Å². The van der Waals surface area contributed by atoms with Gasteiger partial charge in [-0.3, -0.25) is 14.9 Å². The van der Waals surface area contributed by atoms with E-state index in [0.29, 0.717) is 0 Å². The van der Waals surface area contributed by atoms with Gasteiger partial charge in [0, 0.05) is 49.2 Å². The summed E-state index contributed by atoms with van der Waals surface area (Å²) in [5.41, 5.74) is 9.06. The molecule has 1 atom stereocenters. The lowest BCUT2D eigenvalue weighted by molar-refractivity contribution is 0.0301. The molecule has 1 unspecified atom stereocenters. The maximum absolute atomic E-state index is 5.50. The Morgan fingerprint density at radius 2 is 2.00 bits per heavy atom. The number of benzene rings is 1. The van der Waals surface area contributed by atoms with E-state index in [1.807, 2.05) is 24.7 Å². The molecule has 1 aliphatic heterocycles. The summed E-state index contributed by atoms with van der Waals surface area (Å²) < 4.78 is 5.50. The minimum Gasteiger partial charge on any atom is -0.379 e. The predicted molar refractivity (Wildman–Crippen MR) is 127 cm³/mol. The van der Waals surface area contributed by atoms with Crippen molar-refractivity contribution in [3.05, 3.63) is 65.6 Å². The molecule has 0 saturated carbocycles. The average molecular weight is 414 g/mol. The van der Waals surface area contributed by atoms with Crippen molar-refractivity contribution in [2.24, 2.45) is 5.92 Å². The molecule has 1 saturated heterocycles. The standard InChI is InChI=1S/C27H31N3O/c1-19-16-25-27(24(9-11-29-25)23-4-3-10-28-17-23)20(2)26(19)22-7-5-21(6-8-22)18-30-12-14-31-15-13-30/h3-4,7,9-11,16-17,21H,5-6,8,12-15,18H2,1-2H3. The fraction of sp³-hybridized carbons (Fsp3) is 0.407. The number of rotatable bonds is 4. The van der Waals surface area contributed by atoms with Crippen molar-refractivity contribution in [1.29, 1.82) is 0 Å². The minimum absolute atomic E-state index is 0.760. The number of allylic oxidation sites excluding steroid dienone is 2. The molecule has 4 nitrogen and oxygen atoms in total. The third-order valence-electron chi connectivity index (χ3n) is 6.91. The molecular weight excluding hydrogens is 382 g/mol. The summed E-state index contributed by atoms with van der Waals surface area (Å²) in [4.78, 5) is 11.6. The highest BCUT2D eigenvalue weighted by atomic mass is 16.5. The highest BCUT2D eigenvalue weighted by Crippen LogP contribution is 2.39. The van der Waals surface area contributed by atoms with Crippen molar-refractivity contribution >= 4 is 16.5 Å². The van der Waals surface area contributed by atoms with Gasteiger partial charge in [-0.15, -0.1) is 0 Å². The quantitative estimate of drug-likeness (QED) is 0.572. The van der Waals surface area contributed by atoms with Gasteiger partial charge in [0.15, 0.2) is 0 Å². The molecule has 4 heteroatoms. The summed E-state index contributed by atoms with van der Waals surface area (Å²) >= 11 is 0. The van der Waals surface area contributed by atoms with Crippen LogP contribution in [0.25, 0.3) is 27.6 Å². The van der Waals surface area contributed by atoms with E-state index in [4.69, 9.17) is 9.72 Å². The Hall–Kier alpha value is -2.56. The second-order valence-electron chi connectivity index (χ2n) is 8.97. The molecule has 0 bridgehead atoms. The molecule has 1 aliphatic carbocycles. The van der Waals surface area contributed by atoms with E-state index in [1.165, 1.54) is 52.6 Å². The monoisotopic (exact) mass is 413 g/mol. The summed E-state index contributed by atoms with van der Waals surface area (Å²) in [7, 11) is 0. The lowest BCUT2D eigenvalue weighted by Crippen LogP contribution is -2.39. The Morgan fingerprint density at radius 1 is 1.13 bits per heavy atom. The van der Waals surface area contributed by atoms with E-state index < -0.39 is 0 Å². The molecule has 0 N–H and O–H groups in total. The van der Waals surface area contributed by atoms with Crippen molar-refractivity contribution in [3.63, 3.8) is 0 Å². The molecule has 2 aliphatic rings. The number of hydrogen-bond donors (Lipinski definition) is 0. The van der Waals surface area contributed by atoms with Crippen LogP contribution in [0.1, 0.15) is 36.0 Å². The second kappa shape index (κ2) is 8.89. The van der Waals surface area contributed by atoms with E-state index in [1.54, 1.807) is 0 Å². The van der Waals surface area contributed by atoms with Crippen molar-refractivity contribution < 1.29 is 4.74 Å². The smallest absolute Gasteiger partial charge is 0.0713 e. The lowest BCUT2D eigenvalue weighted by atomic mass is 9.82. The first-order valence-electron chi connectivity index (χ1n) is 11.5. The zero-order valence-corrected chi connectivity index (χ0v) is 18.6. The maximum Gasteiger partial charge on any atom is 0.0713 e. The number of ether oxygens (including phenoxy) is 1. The highest BCUT2D eigenvalue weighted by molar-refractivity contribution is 5.99. The number of nitrogens with zero attached hydrogens (tertiary/aromatic N) is 3. The van der Waals surface area contributed by atoms with Gasteiger partial charge in [0.05, 0.1) is 18.7 Å². The van der Waals surface area contributed by atoms with Crippen molar-refractivity contribution in [2.45, 2.75) is 33.1 Å². The molecule has 0 spiro atoms. The SMILES string of the molecule is Cc1cc2nccc(-c3cccnc3)c2c(C)c1C1=CCC(CN2CCOCC2)CC1. The van der Waals surface area contributed by atoms with Crippen molar-refractivity contribution in [3.8, 4) is 11.1 Å². The number of hydrogen-bond acceptors (Lipinski definition) is 4. The van der Waals surface area contributed by atoms with Crippen LogP contribution in [0, 0.1) is 19.8 Å². The van der Waals surface area contributed by atoms with Gasteiger partial charge in [-0.25, -0.2) is 0 Å². The van der Waals surface area contributed by atoms with Crippen LogP contribution < -0.4 is 0 Å². The van der Waals surface area contributed by atoms with E-state index in [2.05, 4.69) is 48.0 Å². The summed E-state index contributed by atoms with van der Waals surface area (Å²) in [5, 5.41) is 1.26. The molecule has 3 heterocycles. The molecule has 0 amide bonds. The summed E-state index contributed by atoms with van der Waals surface area (Å²) in [6.07, 6.45) is 11.8. The van der Waals surface area contributed by atoms with Crippen LogP contribution in [0.4, 0.5) is 0 Å². The zero-order valence-electron chi connectivity index (χ0n) is 18.6. The van der Waals surface area contributed by atoms with E-state index >= 15 is 0 Å².